The van der Waals surface area contributed by atoms with Crippen molar-refractivity contribution >= 4 is 17.7 Å². The van der Waals surface area contributed by atoms with Crippen molar-refractivity contribution in [2.75, 3.05) is 44.7 Å². The Morgan fingerprint density at radius 1 is 0.902 bits per heavy atom. The van der Waals surface area contributed by atoms with Gasteiger partial charge in [0.25, 0.3) is 0 Å². The van der Waals surface area contributed by atoms with E-state index in [2.05, 4.69) is 68.1 Å². The predicted molar refractivity (Wildman–Crippen MR) is 199 cm³/mol. The maximum absolute atomic E-state index is 12.6. The van der Waals surface area contributed by atoms with Gasteiger partial charge in [0, 0.05) is 68.6 Å². The lowest BCUT2D eigenvalue weighted by Crippen LogP contribution is -2.55. The topological polar surface area (TPSA) is 88.9 Å². The summed E-state index contributed by atoms with van der Waals surface area (Å²) in [5, 5.41) is 2.70. The zero-order valence-electron chi connectivity index (χ0n) is 30.0. The summed E-state index contributed by atoms with van der Waals surface area (Å²) >= 11 is 0. The first-order chi connectivity index (χ1) is 24.9. The van der Waals surface area contributed by atoms with Gasteiger partial charge in [0.1, 0.15) is 18.5 Å². The number of ether oxygens (including phenoxy) is 2. The molecular formula is C42H51N5O4. The van der Waals surface area contributed by atoms with Crippen molar-refractivity contribution in [2.45, 2.75) is 63.7 Å². The first kappa shape index (κ1) is 34.8. The summed E-state index contributed by atoms with van der Waals surface area (Å²) < 4.78 is 13.9. The van der Waals surface area contributed by atoms with E-state index in [0.29, 0.717) is 17.4 Å². The number of rotatable bonds is 12. The Kier molecular flexibility index (Phi) is 10.7. The van der Waals surface area contributed by atoms with Gasteiger partial charge in [-0.1, -0.05) is 60.7 Å². The number of amides is 1. The van der Waals surface area contributed by atoms with Gasteiger partial charge >= 0.3 is 12.1 Å². The summed E-state index contributed by atoms with van der Waals surface area (Å²) in [6.45, 7) is 8.45. The minimum Gasteiger partial charge on any atom is -0.457 e. The number of hydrogen-bond donors (Lipinski definition) is 1. The van der Waals surface area contributed by atoms with Gasteiger partial charge in [-0.05, 0) is 93.4 Å². The third-order valence-electron chi connectivity index (χ3n) is 11.7. The number of anilines is 1. The zero-order chi connectivity index (χ0) is 35.2. The van der Waals surface area contributed by atoms with Crippen molar-refractivity contribution < 1.29 is 19.1 Å². The summed E-state index contributed by atoms with van der Waals surface area (Å²) in [5.74, 6) is 1.99. The van der Waals surface area contributed by atoms with Gasteiger partial charge in [-0.2, -0.15) is 0 Å². The average Bonchev–Trinajstić information content (AvgIpc) is 3.80. The maximum atomic E-state index is 12.6. The van der Waals surface area contributed by atoms with Gasteiger partial charge in [0.2, 0.25) is 0 Å². The van der Waals surface area contributed by atoms with Crippen LogP contribution in [-0.2, 0) is 28.0 Å². The molecule has 0 bridgehead atoms. The normalized spacial score (nSPS) is 21.1. The molecule has 2 aliphatic heterocycles. The molecule has 1 amide bonds. The van der Waals surface area contributed by atoms with E-state index in [1.807, 2.05) is 60.8 Å². The van der Waals surface area contributed by atoms with Crippen LogP contribution >= 0.6 is 0 Å². The van der Waals surface area contributed by atoms with Gasteiger partial charge in [-0.25, -0.2) is 14.6 Å². The van der Waals surface area contributed by atoms with Gasteiger partial charge in [-0.3, -0.25) is 0 Å². The molecule has 268 valence electrons. The molecular weight excluding hydrogens is 638 g/mol. The Morgan fingerprint density at radius 2 is 1.61 bits per heavy atom. The van der Waals surface area contributed by atoms with E-state index in [4.69, 9.17) is 9.47 Å². The van der Waals surface area contributed by atoms with Crippen LogP contribution in [0.3, 0.4) is 0 Å². The number of hydrogen-bond acceptors (Lipinski definition) is 7. The quantitative estimate of drug-likeness (QED) is 0.163. The molecule has 1 saturated carbocycles. The molecule has 3 aromatic carbocycles. The summed E-state index contributed by atoms with van der Waals surface area (Å²) in [6, 6.07) is 28.6. The van der Waals surface area contributed by atoms with Crippen molar-refractivity contribution in [1.29, 1.82) is 0 Å². The highest BCUT2D eigenvalue weighted by molar-refractivity contribution is 5.89. The molecule has 1 aromatic heterocycles. The van der Waals surface area contributed by atoms with Crippen molar-refractivity contribution in [2.24, 2.45) is 17.8 Å². The number of imidazole rings is 1. The van der Waals surface area contributed by atoms with Gasteiger partial charge in [0.05, 0.1) is 5.56 Å². The van der Waals surface area contributed by atoms with E-state index in [9.17, 15) is 9.59 Å². The van der Waals surface area contributed by atoms with Gasteiger partial charge in [0.15, 0.2) is 0 Å². The van der Waals surface area contributed by atoms with E-state index in [0.717, 1.165) is 88.4 Å². The molecule has 1 N–H and O–H groups in total. The second-order valence-corrected chi connectivity index (χ2v) is 14.7. The molecule has 3 unspecified atom stereocenters. The second-order valence-electron chi connectivity index (χ2n) is 14.7. The molecule has 1 aliphatic carbocycles. The number of piperidine rings is 1. The van der Waals surface area contributed by atoms with Crippen LogP contribution in [0.5, 0.6) is 0 Å². The van der Waals surface area contributed by atoms with E-state index >= 15 is 0 Å². The molecule has 2 saturated heterocycles. The number of alkyl carbamates (subject to hydrolysis) is 1. The molecule has 9 heteroatoms. The minimum absolute atomic E-state index is 0.123. The van der Waals surface area contributed by atoms with Crippen LogP contribution in [0.1, 0.15) is 59.4 Å². The highest BCUT2D eigenvalue weighted by atomic mass is 16.6. The van der Waals surface area contributed by atoms with Crippen LogP contribution in [0.15, 0.2) is 97.3 Å². The van der Waals surface area contributed by atoms with Crippen LogP contribution in [0.2, 0.25) is 0 Å². The highest BCUT2D eigenvalue weighted by Crippen LogP contribution is 2.52. The SMILES string of the molecule is CNC(=O)OC1CCCC1C(Cn1ccnc1C)(c1ccccc1)C1CCN(CC2CN(c3ccc(C(=O)OCc4ccccc4)cc3)C2)CC1. The van der Waals surface area contributed by atoms with Crippen LogP contribution in [0.4, 0.5) is 10.5 Å². The lowest BCUT2D eigenvalue weighted by Gasteiger charge is -2.51. The number of esters is 1. The number of carbonyl (C=O) groups excluding carboxylic acids is 2. The van der Waals surface area contributed by atoms with E-state index in [1.54, 1.807) is 7.05 Å². The number of aromatic nitrogens is 2. The number of carbonyl (C=O) groups is 2. The van der Waals surface area contributed by atoms with Gasteiger partial charge in [-0.15, -0.1) is 0 Å². The largest absolute Gasteiger partial charge is 0.457 e. The fourth-order valence-corrected chi connectivity index (χ4v) is 9.05. The Bertz CT molecular complexity index is 1730. The molecule has 0 radical (unpaired) electrons. The molecule has 3 atom stereocenters. The fourth-order valence-electron chi connectivity index (χ4n) is 9.05. The third kappa shape index (κ3) is 7.69. The Morgan fingerprint density at radius 3 is 2.27 bits per heavy atom. The smallest absolute Gasteiger partial charge is 0.407 e. The number of benzene rings is 3. The predicted octanol–water partition coefficient (Wildman–Crippen LogP) is 6.86. The molecule has 0 spiro atoms. The first-order valence-corrected chi connectivity index (χ1v) is 18.6. The maximum Gasteiger partial charge on any atom is 0.407 e. The zero-order valence-corrected chi connectivity index (χ0v) is 30.0. The van der Waals surface area contributed by atoms with E-state index < -0.39 is 0 Å². The highest BCUT2D eigenvalue weighted by Gasteiger charge is 2.53. The lowest BCUT2D eigenvalue weighted by atomic mass is 9.58. The molecule has 7 rings (SSSR count). The van der Waals surface area contributed by atoms with E-state index in [-0.39, 0.29) is 36.1 Å². The van der Waals surface area contributed by atoms with Crippen LogP contribution in [0, 0.1) is 24.7 Å². The average molecular weight is 690 g/mol. The number of nitrogens with one attached hydrogen (secondary N) is 1. The third-order valence-corrected chi connectivity index (χ3v) is 11.7. The Hall–Kier alpha value is -4.63. The van der Waals surface area contributed by atoms with Crippen LogP contribution in [-0.4, -0.2) is 72.4 Å². The molecule has 51 heavy (non-hydrogen) atoms. The van der Waals surface area contributed by atoms with E-state index in [1.165, 1.54) is 5.56 Å². The monoisotopic (exact) mass is 689 g/mol. The van der Waals surface area contributed by atoms with Crippen molar-refractivity contribution in [3.05, 3.63) is 120 Å². The Balaban J connectivity index is 0.988. The van der Waals surface area contributed by atoms with Crippen LogP contribution in [0.25, 0.3) is 0 Å². The standard InChI is InChI=1S/C42H51N5O4/c1-31-44-22-25-46(31)30-42(35-12-7-4-8-13-35,38-14-9-15-39(38)51-41(49)43-2)36-20-23-45(24-21-36)26-33-27-47(28-33)37-18-16-34(17-19-37)40(48)50-29-32-10-5-3-6-11-32/h3-8,10-13,16-19,22,25,33,36,38-39H,9,14-15,20-21,23-24,26-30H2,1-2H3,(H,43,49). The molecule has 9 nitrogen and oxygen atoms in total. The fraction of sp³-hybridized carbons (Fsp3) is 0.452. The summed E-state index contributed by atoms with van der Waals surface area (Å²) in [7, 11) is 1.64. The first-order valence-electron chi connectivity index (χ1n) is 18.6. The van der Waals surface area contributed by atoms with Crippen molar-refractivity contribution in [3.8, 4) is 0 Å². The number of likely N-dealkylation sites (tertiary alicyclic amines) is 1. The molecule has 3 heterocycles. The molecule has 4 aromatic rings. The van der Waals surface area contributed by atoms with Crippen LogP contribution < -0.4 is 10.2 Å². The number of nitrogens with zero attached hydrogens (tertiary/aromatic N) is 4. The lowest BCUT2D eigenvalue weighted by molar-refractivity contribution is 0.00180. The summed E-state index contributed by atoms with van der Waals surface area (Å²) in [4.78, 5) is 34.8. The van der Waals surface area contributed by atoms with Crippen molar-refractivity contribution in [1.82, 2.24) is 19.8 Å². The van der Waals surface area contributed by atoms with Gasteiger partial charge < -0.3 is 29.2 Å². The summed E-state index contributed by atoms with van der Waals surface area (Å²) in [6.07, 6.45) is 8.75. The summed E-state index contributed by atoms with van der Waals surface area (Å²) in [5.41, 5.74) is 3.86. The second kappa shape index (κ2) is 15.7. The molecule has 3 fully saturated rings. The van der Waals surface area contributed by atoms with Crippen molar-refractivity contribution in [3.63, 3.8) is 0 Å². The number of aryl methyl sites for hydroxylation is 1. The Labute approximate surface area is 302 Å². The minimum atomic E-state index is -0.339. The molecule has 3 aliphatic rings.